The molecule has 2 N–H and O–H groups in total. The fourth-order valence-electron chi connectivity index (χ4n) is 2.24. The van der Waals surface area contributed by atoms with Gasteiger partial charge >= 0.3 is 0 Å². The molecule has 2 aromatic carbocycles. The third-order valence-electron chi connectivity index (χ3n) is 3.51. The first kappa shape index (κ1) is 12.9. The molecule has 0 unspecified atom stereocenters. The van der Waals surface area contributed by atoms with E-state index in [1.54, 1.807) is 0 Å². The van der Waals surface area contributed by atoms with Crippen LogP contribution in [-0.4, -0.2) is 12.0 Å². The lowest BCUT2D eigenvalue weighted by atomic mass is 10.1. The number of rotatable bonds is 3. The van der Waals surface area contributed by atoms with E-state index in [-0.39, 0.29) is 0 Å². The van der Waals surface area contributed by atoms with Gasteiger partial charge in [-0.2, -0.15) is 0 Å². The van der Waals surface area contributed by atoms with Crippen LogP contribution in [0.15, 0.2) is 42.5 Å². The molecule has 0 aliphatic heterocycles. The van der Waals surface area contributed by atoms with Gasteiger partial charge in [0.25, 0.3) is 0 Å². The van der Waals surface area contributed by atoms with Crippen LogP contribution in [0.3, 0.4) is 0 Å². The first-order chi connectivity index (χ1) is 9.67. The van der Waals surface area contributed by atoms with Gasteiger partial charge in [0.05, 0.1) is 10.2 Å². The van der Waals surface area contributed by atoms with E-state index in [1.165, 1.54) is 22.6 Å². The average molecular weight is 283 g/mol. The van der Waals surface area contributed by atoms with Crippen LogP contribution in [0.2, 0.25) is 0 Å². The first-order valence-electron chi connectivity index (χ1n) is 6.66. The van der Waals surface area contributed by atoms with Gasteiger partial charge in [0.15, 0.2) is 5.13 Å². The van der Waals surface area contributed by atoms with Crippen molar-refractivity contribution in [3.63, 3.8) is 0 Å². The van der Waals surface area contributed by atoms with E-state index in [0.717, 1.165) is 22.3 Å². The molecule has 3 aromatic rings. The van der Waals surface area contributed by atoms with Crippen LogP contribution in [0.25, 0.3) is 10.2 Å². The van der Waals surface area contributed by atoms with Gasteiger partial charge in [0.2, 0.25) is 0 Å². The smallest absolute Gasteiger partial charge is 0.181 e. The van der Waals surface area contributed by atoms with Crippen LogP contribution in [0, 0.1) is 0 Å². The predicted molar refractivity (Wildman–Crippen MR) is 87.9 cm³/mol. The summed E-state index contributed by atoms with van der Waals surface area (Å²) >= 11 is 1.52. The van der Waals surface area contributed by atoms with Gasteiger partial charge in [0, 0.05) is 18.4 Å². The third kappa shape index (κ3) is 2.34. The van der Waals surface area contributed by atoms with Crippen molar-refractivity contribution in [1.82, 2.24) is 4.98 Å². The Morgan fingerprint density at radius 2 is 1.80 bits per heavy atom. The van der Waals surface area contributed by atoms with Crippen molar-refractivity contribution < 1.29 is 0 Å². The van der Waals surface area contributed by atoms with Gasteiger partial charge in [-0.1, -0.05) is 30.4 Å². The van der Waals surface area contributed by atoms with E-state index in [4.69, 9.17) is 5.73 Å². The highest BCUT2D eigenvalue weighted by molar-refractivity contribution is 7.22. The van der Waals surface area contributed by atoms with Crippen LogP contribution in [0.1, 0.15) is 12.5 Å². The molecule has 1 aromatic heterocycles. The Kier molecular flexibility index (Phi) is 3.32. The number of aryl methyl sites for hydroxylation is 1. The standard InChI is InChI=1S/C16H17N3S/c1-3-11-4-6-12(7-5-11)19(2)13-8-9-14-15(10-13)20-16(17)18-14/h4-10H,3H2,1-2H3,(H2,17,18). The van der Waals surface area contributed by atoms with Crippen molar-refractivity contribution >= 4 is 38.1 Å². The molecule has 0 aliphatic carbocycles. The number of benzene rings is 2. The second-order valence-electron chi connectivity index (χ2n) is 4.78. The summed E-state index contributed by atoms with van der Waals surface area (Å²) in [4.78, 5) is 6.46. The molecule has 102 valence electrons. The van der Waals surface area contributed by atoms with Crippen molar-refractivity contribution in [2.24, 2.45) is 0 Å². The molecular weight excluding hydrogens is 266 g/mol. The largest absolute Gasteiger partial charge is 0.375 e. The number of nitrogen functional groups attached to an aromatic ring is 1. The van der Waals surface area contributed by atoms with Gasteiger partial charge in [-0.3, -0.25) is 0 Å². The van der Waals surface area contributed by atoms with Gasteiger partial charge < -0.3 is 10.6 Å². The molecule has 0 radical (unpaired) electrons. The number of hydrogen-bond acceptors (Lipinski definition) is 4. The highest BCUT2D eigenvalue weighted by Gasteiger charge is 2.07. The van der Waals surface area contributed by atoms with E-state index < -0.39 is 0 Å². The summed E-state index contributed by atoms with van der Waals surface area (Å²) in [6.45, 7) is 2.17. The number of aromatic nitrogens is 1. The predicted octanol–water partition coefficient (Wildman–Crippen LogP) is 4.21. The van der Waals surface area contributed by atoms with Crippen LogP contribution >= 0.6 is 11.3 Å². The minimum Gasteiger partial charge on any atom is -0.375 e. The van der Waals surface area contributed by atoms with Crippen molar-refractivity contribution in [2.75, 3.05) is 17.7 Å². The molecule has 0 spiro atoms. The Bertz CT molecular complexity index is 731. The normalized spacial score (nSPS) is 10.9. The Morgan fingerprint density at radius 1 is 1.10 bits per heavy atom. The van der Waals surface area contributed by atoms with E-state index in [1.807, 2.05) is 6.07 Å². The lowest BCUT2D eigenvalue weighted by molar-refractivity contribution is 1.13. The average Bonchev–Trinajstić information content (AvgIpc) is 2.85. The third-order valence-corrected chi connectivity index (χ3v) is 4.36. The second-order valence-corrected chi connectivity index (χ2v) is 5.85. The summed E-state index contributed by atoms with van der Waals surface area (Å²) < 4.78 is 1.12. The number of nitrogens with two attached hydrogens (primary N) is 1. The zero-order chi connectivity index (χ0) is 14.1. The lowest BCUT2D eigenvalue weighted by Crippen LogP contribution is -2.09. The van der Waals surface area contributed by atoms with E-state index in [9.17, 15) is 0 Å². The number of hydrogen-bond donors (Lipinski definition) is 1. The van der Waals surface area contributed by atoms with E-state index in [2.05, 4.69) is 60.3 Å². The SMILES string of the molecule is CCc1ccc(N(C)c2ccc3nc(N)sc3c2)cc1. The zero-order valence-electron chi connectivity index (χ0n) is 11.6. The molecule has 0 aliphatic rings. The molecule has 3 rings (SSSR count). The molecule has 0 atom stereocenters. The summed E-state index contributed by atoms with van der Waals surface area (Å²) in [5.41, 5.74) is 10.4. The summed E-state index contributed by atoms with van der Waals surface area (Å²) in [5, 5.41) is 0.618. The Balaban J connectivity index is 1.95. The van der Waals surface area contributed by atoms with Crippen LogP contribution in [0.5, 0.6) is 0 Å². The summed E-state index contributed by atoms with van der Waals surface area (Å²) in [5.74, 6) is 0. The minimum atomic E-state index is 0.618. The van der Waals surface area contributed by atoms with E-state index >= 15 is 0 Å². The molecule has 3 nitrogen and oxygen atoms in total. The number of thiazole rings is 1. The summed E-state index contributed by atoms with van der Waals surface area (Å²) in [6.07, 6.45) is 1.07. The number of anilines is 3. The molecule has 0 saturated carbocycles. The van der Waals surface area contributed by atoms with Gasteiger partial charge in [0.1, 0.15) is 0 Å². The van der Waals surface area contributed by atoms with E-state index in [0.29, 0.717) is 5.13 Å². The molecule has 0 bridgehead atoms. The molecular formula is C16H17N3S. The fraction of sp³-hybridized carbons (Fsp3) is 0.188. The molecule has 0 amide bonds. The molecule has 0 fully saturated rings. The van der Waals surface area contributed by atoms with Crippen molar-refractivity contribution in [3.8, 4) is 0 Å². The quantitative estimate of drug-likeness (QED) is 0.783. The number of nitrogens with zero attached hydrogens (tertiary/aromatic N) is 2. The highest BCUT2D eigenvalue weighted by atomic mass is 32.1. The highest BCUT2D eigenvalue weighted by Crippen LogP contribution is 2.30. The fourth-order valence-corrected chi connectivity index (χ4v) is 3.01. The van der Waals surface area contributed by atoms with Gasteiger partial charge in [-0.15, -0.1) is 0 Å². The second kappa shape index (κ2) is 5.13. The monoisotopic (exact) mass is 283 g/mol. The lowest BCUT2D eigenvalue weighted by Gasteiger charge is -2.19. The summed E-state index contributed by atoms with van der Waals surface area (Å²) in [7, 11) is 2.08. The Hall–Kier alpha value is -2.07. The minimum absolute atomic E-state index is 0.618. The topological polar surface area (TPSA) is 42.2 Å². The van der Waals surface area contributed by atoms with Crippen molar-refractivity contribution in [1.29, 1.82) is 0 Å². The summed E-state index contributed by atoms with van der Waals surface area (Å²) in [6, 6.07) is 14.9. The maximum atomic E-state index is 5.75. The molecule has 20 heavy (non-hydrogen) atoms. The van der Waals surface area contributed by atoms with Crippen molar-refractivity contribution in [3.05, 3.63) is 48.0 Å². The Morgan fingerprint density at radius 3 is 2.50 bits per heavy atom. The van der Waals surface area contributed by atoms with Crippen LogP contribution in [-0.2, 0) is 6.42 Å². The first-order valence-corrected chi connectivity index (χ1v) is 7.48. The van der Waals surface area contributed by atoms with Crippen LogP contribution in [0.4, 0.5) is 16.5 Å². The maximum Gasteiger partial charge on any atom is 0.181 e. The van der Waals surface area contributed by atoms with Gasteiger partial charge in [-0.05, 0) is 42.3 Å². The molecule has 4 heteroatoms. The molecule has 1 heterocycles. The Labute approximate surface area is 122 Å². The zero-order valence-corrected chi connectivity index (χ0v) is 12.4. The van der Waals surface area contributed by atoms with Gasteiger partial charge in [-0.25, -0.2) is 4.98 Å². The maximum absolute atomic E-state index is 5.75. The number of fused-ring (bicyclic) bond motifs is 1. The molecule has 0 saturated heterocycles. The van der Waals surface area contributed by atoms with Crippen LogP contribution < -0.4 is 10.6 Å². The van der Waals surface area contributed by atoms with Crippen molar-refractivity contribution in [2.45, 2.75) is 13.3 Å².